The van der Waals surface area contributed by atoms with Crippen molar-refractivity contribution in [3.63, 3.8) is 0 Å². The lowest BCUT2D eigenvalue weighted by Gasteiger charge is -2.33. The third-order valence-electron chi connectivity index (χ3n) is 2.40. The number of likely N-dealkylation sites (tertiary alicyclic amines) is 1. The van der Waals surface area contributed by atoms with Gasteiger partial charge in [0.1, 0.15) is 0 Å². The summed E-state index contributed by atoms with van der Waals surface area (Å²) in [6.07, 6.45) is 5.47. The van der Waals surface area contributed by atoms with E-state index in [4.69, 9.17) is 0 Å². The Morgan fingerprint density at radius 1 is 1.50 bits per heavy atom. The molecule has 1 saturated heterocycles. The molecule has 0 aromatic rings. The molecule has 0 aliphatic carbocycles. The fourth-order valence-corrected chi connectivity index (χ4v) is 2.08. The third-order valence-corrected chi connectivity index (χ3v) is 2.77. The maximum absolute atomic E-state index is 4.30. The van der Waals surface area contributed by atoms with Crippen LogP contribution in [0.3, 0.4) is 0 Å². The summed E-state index contributed by atoms with van der Waals surface area (Å²) in [6, 6.07) is 0.825. The molecule has 1 nitrogen and oxygen atoms in total. The van der Waals surface area contributed by atoms with Gasteiger partial charge in [-0.25, -0.2) is 0 Å². The zero-order valence-corrected chi connectivity index (χ0v) is 7.61. The molecule has 1 rings (SSSR count). The van der Waals surface area contributed by atoms with Gasteiger partial charge in [-0.2, -0.15) is 12.6 Å². The van der Waals surface area contributed by atoms with Gasteiger partial charge in [-0.05, 0) is 25.8 Å². The van der Waals surface area contributed by atoms with E-state index >= 15 is 0 Å². The van der Waals surface area contributed by atoms with Crippen molar-refractivity contribution >= 4 is 12.6 Å². The third kappa shape index (κ3) is 1.89. The van der Waals surface area contributed by atoms with Crippen LogP contribution in [0, 0.1) is 0 Å². The van der Waals surface area contributed by atoms with Gasteiger partial charge >= 0.3 is 0 Å². The molecule has 0 saturated carbocycles. The minimum atomic E-state index is 0.825. The molecule has 1 unspecified atom stereocenters. The minimum Gasteiger partial charge on any atom is -0.291 e. The Hall–Kier alpha value is 0.310. The van der Waals surface area contributed by atoms with Gasteiger partial charge in [0.15, 0.2) is 0 Å². The fourth-order valence-electron chi connectivity index (χ4n) is 1.71. The topological polar surface area (TPSA) is 3.24 Å². The average Bonchev–Trinajstić information content (AvgIpc) is 2.04. The van der Waals surface area contributed by atoms with Gasteiger partial charge in [0, 0.05) is 11.9 Å². The van der Waals surface area contributed by atoms with Crippen LogP contribution >= 0.6 is 12.6 Å². The van der Waals surface area contributed by atoms with E-state index in [0.29, 0.717) is 0 Å². The van der Waals surface area contributed by atoms with Crippen LogP contribution in [0.5, 0.6) is 0 Å². The highest BCUT2D eigenvalue weighted by molar-refractivity contribution is 7.80. The van der Waals surface area contributed by atoms with Crippen molar-refractivity contribution in [2.75, 3.05) is 12.4 Å². The Labute approximate surface area is 69.2 Å². The maximum Gasteiger partial charge on any atom is 0.0417 e. The molecule has 0 amide bonds. The number of piperidine rings is 1. The average molecular weight is 159 g/mol. The van der Waals surface area contributed by atoms with Crippen LogP contribution < -0.4 is 0 Å². The zero-order valence-electron chi connectivity index (χ0n) is 6.71. The second-order valence-corrected chi connectivity index (χ2v) is 3.29. The molecule has 0 aromatic carbocycles. The first-order chi connectivity index (χ1) is 4.88. The van der Waals surface area contributed by atoms with Crippen LogP contribution in [-0.2, 0) is 0 Å². The van der Waals surface area contributed by atoms with Gasteiger partial charge in [0.25, 0.3) is 0 Å². The highest BCUT2D eigenvalue weighted by Gasteiger charge is 2.18. The van der Waals surface area contributed by atoms with Crippen molar-refractivity contribution in [1.82, 2.24) is 4.90 Å². The summed E-state index contributed by atoms with van der Waals surface area (Å²) in [4.78, 5) is 2.48. The van der Waals surface area contributed by atoms with Gasteiger partial charge in [-0.15, -0.1) is 0 Å². The van der Waals surface area contributed by atoms with Gasteiger partial charge in [-0.1, -0.05) is 13.3 Å². The molecule has 1 fully saturated rings. The molecular weight excluding hydrogens is 142 g/mol. The van der Waals surface area contributed by atoms with E-state index in [2.05, 4.69) is 24.5 Å². The van der Waals surface area contributed by atoms with Crippen LogP contribution in [-0.4, -0.2) is 23.4 Å². The second kappa shape index (κ2) is 4.24. The van der Waals surface area contributed by atoms with E-state index in [9.17, 15) is 0 Å². The van der Waals surface area contributed by atoms with Gasteiger partial charge in [0.05, 0.1) is 0 Å². The Bertz CT molecular complexity index is 83.3. The first-order valence-electron chi connectivity index (χ1n) is 4.23. The van der Waals surface area contributed by atoms with Crippen molar-refractivity contribution in [1.29, 1.82) is 0 Å². The monoisotopic (exact) mass is 159 g/mol. The van der Waals surface area contributed by atoms with Crippen molar-refractivity contribution in [2.45, 2.75) is 38.6 Å². The summed E-state index contributed by atoms with van der Waals surface area (Å²) in [5, 5.41) is 0. The first kappa shape index (κ1) is 8.41. The Balaban J connectivity index is 2.34. The molecule has 0 N–H and O–H groups in total. The molecule has 10 heavy (non-hydrogen) atoms. The van der Waals surface area contributed by atoms with Crippen LogP contribution in [0.15, 0.2) is 0 Å². The molecule has 0 bridgehead atoms. The molecule has 1 atom stereocenters. The van der Waals surface area contributed by atoms with Gasteiger partial charge in [0.2, 0.25) is 0 Å². The molecule has 1 aliphatic rings. The van der Waals surface area contributed by atoms with E-state index < -0.39 is 0 Å². The lowest BCUT2D eigenvalue weighted by molar-refractivity contribution is 0.173. The van der Waals surface area contributed by atoms with E-state index in [-0.39, 0.29) is 0 Å². The van der Waals surface area contributed by atoms with Gasteiger partial charge in [-0.3, -0.25) is 4.90 Å². The summed E-state index contributed by atoms with van der Waals surface area (Å²) in [5.41, 5.74) is 0. The lowest BCUT2D eigenvalue weighted by Crippen LogP contribution is -2.37. The van der Waals surface area contributed by atoms with E-state index in [1.807, 2.05) is 0 Å². The Kier molecular flexibility index (Phi) is 3.57. The first-order valence-corrected chi connectivity index (χ1v) is 4.86. The van der Waals surface area contributed by atoms with Crippen molar-refractivity contribution in [2.24, 2.45) is 0 Å². The van der Waals surface area contributed by atoms with Crippen molar-refractivity contribution in [3.05, 3.63) is 0 Å². The molecular formula is C8H17NS. The fraction of sp³-hybridized carbons (Fsp3) is 1.00. The number of nitrogens with zero attached hydrogens (tertiary/aromatic N) is 1. The smallest absolute Gasteiger partial charge is 0.0417 e. The maximum atomic E-state index is 4.30. The normalized spacial score (nSPS) is 28.8. The largest absolute Gasteiger partial charge is 0.291 e. The van der Waals surface area contributed by atoms with E-state index in [1.165, 1.54) is 32.2 Å². The Morgan fingerprint density at radius 2 is 2.30 bits per heavy atom. The predicted molar refractivity (Wildman–Crippen MR) is 48.5 cm³/mol. The van der Waals surface area contributed by atoms with Crippen molar-refractivity contribution < 1.29 is 0 Å². The van der Waals surface area contributed by atoms with E-state index in [0.717, 1.165) is 11.9 Å². The summed E-state index contributed by atoms with van der Waals surface area (Å²) in [5.74, 6) is 0.943. The van der Waals surface area contributed by atoms with Crippen LogP contribution in [0.4, 0.5) is 0 Å². The molecule has 0 aromatic heterocycles. The summed E-state index contributed by atoms with van der Waals surface area (Å²) in [6.45, 7) is 3.54. The summed E-state index contributed by atoms with van der Waals surface area (Å²) < 4.78 is 0. The number of hydrogen-bond donors (Lipinski definition) is 1. The molecule has 1 aliphatic heterocycles. The predicted octanol–water partition coefficient (Wildman–Crippen LogP) is 2.14. The zero-order chi connectivity index (χ0) is 7.40. The highest BCUT2D eigenvalue weighted by atomic mass is 32.1. The quantitative estimate of drug-likeness (QED) is 0.604. The molecule has 0 spiro atoms. The number of hydrogen-bond acceptors (Lipinski definition) is 2. The van der Waals surface area contributed by atoms with Crippen LogP contribution in [0.25, 0.3) is 0 Å². The molecule has 60 valence electrons. The molecule has 0 radical (unpaired) electrons. The van der Waals surface area contributed by atoms with Gasteiger partial charge < -0.3 is 0 Å². The van der Waals surface area contributed by atoms with Crippen LogP contribution in [0.2, 0.25) is 0 Å². The highest BCUT2D eigenvalue weighted by Crippen LogP contribution is 2.18. The van der Waals surface area contributed by atoms with E-state index in [1.54, 1.807) is 0 Å². The minimum absolute atomic E-state index is 0.825. The molecule has 2 heteroatoms. The number of thiol groups is 1. The van der Waals surface area contributed by atoms with Crippen molar-refractivity contribution in [3.8, 4) is 0 Å². The Morgan fingerprint density at radius 3 is 2.80 bits per heavy atom. The molecule has 1 heterocycles. The number of rotatable bonds is 2. The standard InChI is InChI=1S/C8H17NS/c1-2-8-5-3-4-6-9(8)7-10/h8,10H,2-7H2,1H3. The summed E-state index contributed by atoms with van der Waals surface area (Å²) >= 11 is 4.30. The second-order valence-electron chi connectivity index (χ2n) is 3.01. The summed E-state index contributed by atoms with van der Waals surface area (Å²) in [7, 11) is 0. The van der Waals surface area contributed by atoms with Crippen LogP contribution in [0.1, 0.15) is 32.6 Å². The SMILES string of the molecule is CCC1CCCCN1CS. The lowest BCUT2D eigenvalue weighted by atomic mass is 10.0.